The highest BCUT2D eigenvalue weighted by molar-refractivity contribution is 5.70. The number of allylic oxidation sites excluding steroid dienone is 1. The molecule has 138 valence electrons. The molecule has 0 N–H and O–H groups in total. The van der Waals surface area contributed by atoms with E-state index >= 15 is 0 Å². The summed E-state index contributed by atoms with van der Waals surface area (Å²) in [6.07, 6.45) is 3.48. The van der Waals surface area contributed by atoms with Crippen LogP contribution < -0.4 is 0 Å². The maximum absolute atomic E-state index is 12.8. The van der Waals surface area contributed by atoms with E-state index in [9.17, 15) is 4.79 Å². The molecule has 1 heterocycles. The first kappa shape index (κ1) is 19.4. The van der Waals surface area contributed by atoms with Gasteiger partial charge in [0, 0.05) is 5.54 Å². The summed E-state index contributed by atoms with van der Waals surface area (Å²) in [4.78, 5) is 14.6. The molecule has 1 fully saturated rings. The summed E-state index contributed by atoms with van der Waals surface area (Å²) in [5.41, 5.74) is 0.349. The lowest BCUT2D eigenvalue weighted by Gasteiger charge is -2.37. The molecule has 0 radical (unpaired) electrons. The molecule has 0 aromatic heterocycles. The molecule has 4 heteroatoms. The Bertz CT molecular complexity index is 614. The molecule has 0 unspecified atom stereocenters. The number of hydrogen-bond donors (Lipinski definition) is 0. The van der Waals surface area contributed by atoms with Crippen molar-refractivity contribution >= 4 is 6.09 Å². The predicted molar refractivity (Wildman–Crippen MR) is 100 cm³/mol. The lowest BCUT2D eigenvalue weighted by molar-refractivity contribution is 0.000365. The fourth-order valence-corrected chi connectivity index (χ4v) is 3.23. The van der Waals surface area contributed by atoms with Crippen molar-refractivity contribution in [2.24, 2.45) is 0 Å². The van der Waals surface area contributed by atoms with Crippen LogP contribution in [0.4, 0.5) is 4.79 Å². The van der Waals surface area contributed by atoms with E-state index in [0.29, 0.717) is 6.61 Å². The molecule has 1 saturated heterocycles. The van der Waals surface area contributed by atoms with Crippen LogP contribution in [0, 0.1) is 0 Å². The zero-order valence-corrected chi connectivity index (χ0v) is 16.3. The minimum Gasteiger partial charge on any atom is -0.491 e. The van der Waals surface area contributed by atoms with E-state index in [2.05, 4.69) is 13.8 Å². The number of carbonyl (C=O) groups is 1. The van der Waals surface area contributed by atoms with Gasteiger partial charge in [0.05, 0.1) is 6.04 Å². The monoisotopic (exact) mass is 345 g/mol. The van der Waals surface area contributed by atoms with Crippen molar-refractivity contribution < 1.29 is 14.3 Å². The lowest BCUT2D eigenvalue weighted by atomic mass is 10.0. The largest absolute Gasteiger partial charge is 0.491 e. The van der Waals surface area contributed by atoms with E-state index in [1.807, 2.05) is 69.0 Å². The van der Waals surface area contributed by atoms with E-state index in [-0.39, 0.29) is 17.7 Å². The number of amides is 1. The maximum Gasteiger partial charge on any atom is 0.411 e. The molecule has 1 aliphatic heterocycles. The summed E-state index contributed by atoms with van der Waals surface area (Å²) < 4.78 is 11.7. The maximum atomic E-state index is 12.8. The zero-order chi connectivity index (χ0) is 18.7. The first-order valence-corrected chi connectivity index (χ1v) is 8.99. The van der Waals surface area contributed by atoms with Crippen molar-refractivity contribution in [2.45, 2.75) is 78.2 Å². The van der Waals surface area contributed by atoms with E-state index in [4.69, 9.17) is 9.47 Å². The molecule has 0 saturated carbocycles. The summed E-state index contributed by atoms with van der Waals surface area (Å²) in [5.74, 6) is 0.834. The Hall–Kier alpha value is -1.97. The fraction of sp³-hybridized carbons (Fsp3) is 0.571. The van der Waals surface area contributed by atoms with Gasteiger partial charge < -0.3 is 9.47 Å². The van der Waals surface area contributed by atoms with E-state index in [1.54, 1.807) is 0 Å². The van der Waals surface area contributed by atoms with E-state index in [1.165, 1.54) is 0 Å². The number of carbonyl (C=O) groups excluding carboxylic acids is 1. The minimum atomic E-state index is -0.513. The molecule has 1 amide bonds. The first-order chi connectivity index (χ1) is 11.6. The molecule has 1 atom stereocenters. The lowest BCUT2D eigenvalue weighted by Crippen LogP contribution is -2.49. The Morgan fingerprint density at radius 3 is 2.48 bits per heavy atom. The topological polar surface area (TPSA) is 38.8 Å². The highest BCUT2D eigenvalue weighted by Crippen LogP contribution is 2.38. The molecule has 0 bridgehead atoms. The average Bonchev–Trinajstić information content (AvgIpc) is 2.83. The summed E-state index contributed by atoms with van der Waals surface area (Å²) >= 11 is 0. The Kier molecular flexibility index (Phi) is 5.81. The smallest absolute Gasteiger partial charge is 0.411 e. The van der Waals surface area contributed by atoms with Gasteiger partial charge in [0.2, 0.25) is 0 Å². The number of rotatable bonds is 4. The standard InChI is InChI=1S/C21H31NO3/c1-7-18(24-15-16-11-9-8-10-12-16)17-13-14-21(5,6)22(17)19(23)25-20(2,3)4/h7-12,17H,13-15H2,1-6H3/b18-7-/t17-/m0/s1. The first-order valence-electron chi connectivity index (χ1n) is 8.99. The summed E-state index contributed by atoms with van der Waals surface area (Å²) in [6, 6.07) is 9.98. The summed E-state index contributed by atoms with van der Waals surface area (Å²) in [6.45, 7) is 12.3. The van der Waals surface area contributed by atoms with Gasteiger partial charge in [-0.25, -0.2) is 4.79 Å². The number of hydrogen-bond acceptors (Lipinski definition) is 3. The zero-order valence-electron chi connectivity index (χ0n) is 16.3. The van der Waals surface area contributed by atoms with Crippen LogP contribution in [-0.2, 0) is 16.1 Å². The van der Waals surface area contributed by atoms with E-state index in [0.717, 1.165) is 24.2 Å². The molecule has 4 nitrogen and oxygen atoms in total. The SMILES string of the molecule is C/C=C(\OCc1ccccc1)[C@@H]1CCC(C)(C)N1C(=O)OC(C)(C)C. The Balaban J connectivity index is 2.14. The normalized spacial score (nSPS) is 20.5. The fourth-order valence-electron chi connectivity index (χ4n) is 3.23. The van der Waals surface area contributed by atoms with E-state index < -0.39 is 5.60 Å². The van der Waals surface area contributed by atoms with Gasteiger partial charge in [-0.05, 0) is 66.0 Å². The Labute approximate surface area is 151 Å². The van der Waals surface area contributed by atoms with Crippen LogP contribution >= 0.6 is 0 Å². The molecule has 0 aliphatic carbocycles. The van der Waals surface area contributed by atoms with Crippen molar-refractivity contribution in [1.82, 2.24) is 4.90 Å². The molecular formula is C21H31NO3. The molecule has 1 aromatic rings. The van der Waals surface area contributed by atoms with Crippen molar-refractivity contribution in [1.29, 1.82) is 0 Å². The van der Waals surface area contributed by atoms with Crippen LogP contribution in [0.5, 0.6) is 0 Å². The number of ether oxygens (including phenoxy) is 2. The molecule has 0 spiro atoms. The average molecular weight is 345 g/mol. The van der Waals surface area contributed by atoms with Crippen LogP contribution in [0.1, 0.15) is 59.9 Å². The second-order valence-corrected chi connectivity index (χ2v) is 8.18. The van der Waals surface area contributed by atoms with Gasteiger partial charge in [-0.1, -0.05) is 30.3 Å². The van der Waals surface area contributed by atoms with Crippen LogP contribution in [0.25, 0.3) is 0 Å². The van der Waals surface area contributed by atoms with Crippen molar-refractivity contribution in [3.8, 4) is 0 Å². The van der Waals surface area contributed by atoms with Crippen molar-refractivity contribution in [3.63, 3.8) is 0 Å². The second-order valence-electron chi connectivity index (χ2n) is 8.18. The van der Waals surface area contributed by atoms with Crippen molar-refractivity contribution in [2.75, 3.05) is 0 Å². The van der Waals surface area contributed by atoms with Gasteiger partial charge in [-0.2, -0.15) is 0 Å². The van der Waals surface area contributed by atoms with Crippen LogP contribution in [-0.4, -0.2) is 28.2 Å². The summed E-state index contributed by atoms with van der Waals surface area (Å²) in [7, 11) is 0. The number of benzene rings is 1. The van der Waals surface area contributed by atoms with Gasteiger partial charge >= 0.3 is 6.09 Å². The highest BCUT2D eigenvalue weighted by atomic mass is 16.6. The predicted octanol–water partition coefficient (Wildman–Crippen LogP) is 5.29. The Morgan fingerprint density at radius 1 is 1.28 bits per heavy atom. The Morgan fingerprint density at radius 2 is 1.92 bits per heavy atom. The molecular weight excluding hydrogens is 314 g/mol. The minimum absolute atomic E-state index is 0.0847. The van der Waals surface area contributed by atoms with Gasteiger partial charge in [-0.3, -0.25) is 4.90 Å². The summed E-state index contributed by atoms with van der Waals surface area (Å²) in [5, 5.41) is 0. The number of likely N-dealkylation sites (tertiary alicyclic amines) is 1. The van der Waals surface area contributed by atoms with Gasteiger partial charge in [0.25, 0.3) is 0 Å². The van der Waals surface area contributed by atoms with Crippen LogP contribution in [0.15, 0.2) is 42.2 Å². The molecule has 25 heavy (non-hydrogen) atoms. The molecule has 2 rings (SSSR count). The number of nitrogens with zero attached hydrogens (tertiary/aromatic N) is 1. The van der Waals surface area contributed by atoms with Gasteiger partial charge in [0.15, 0.2) is 0 Å². The van der Waals surface area contributed by atoms with Gasteiger partial charge in [0.1, 0.15) is 18.0 Å². The van der Waals surface area contributed by atoms with Crippen LogP contribution in [0.3, 0.4) is 0 Å². The molecule has 1 aromatic carbocycles. The van der Waals surface area contributed by atoms with Crippen LogP contribution in [0.2, 0.25) is 0 Å². The second kappa shape index (κ2) is 7.51. The highest BCUT2D eigenvalue weighted by Gasteiger charge is 2.46. The molecule has 1 aliphatic rings. The third-order valence-corrected chi connectivity index (χ3v) is 4.44. The quantitative estimate of drug-likeness (QED) is 0.696. The third kappa shape index (κ3) is 5.00. The van der Waals surface area contributed by atoms with Gasteiger partial charge in [-0.15, -0.1) is 0 Å². The van der Waals surface area contributed by atoms with Crippen molar-refractivity contribution in [3.05, 3.63) is 47.7 Å². The third-order valence-electron chi connectivity index (χ3n) is 4.44.